The summed E-state index contributed by atoms with van der Waals surface area (Å²) >= 11 is 0. The van der Waals surface area contributed by atoms with Crippen molar-refractivity contribution < 1.29 is 25.2 Å². The van der Waals surface area contributed by atoms with Crippen molar-refractivity contribution in [2.75, 3.05) is 0 Å². The van der Waals surface area contributed by atoms with Gasteiger partial charge in [-0.2, -0.15) is 0 Å². The van der Waals surface area contributed by atoms with Gasteiger partial charge in [0.05, 0.1) is 18.3 Å². The number of aliphatic hydroxyl groups excluding tert-OH is 3. The van der Waals surface area contributed by atoms with Crippen LogP contribution in [0.2, 0.25) is 0 Å². The van der Waals surface area contributed by atoms with Gasteiger partial charge in [-0.1, -0.05) is 54.6 Å². The van der Waals surface area contributed by atoms with E-state index in [4.69, 9.17) is 5.11 Å². The summed E-state index contributed by atoms with van der Waals surface area (Å²) < 4.78 is 0. The van der Waals surface area contributed by atoms with E-state index in [1.54, 1.807) is 6.08 Å². The Labute approximate surface area is 167 Å². The van der Waals surface area contributed by atoms with Crippen molar-refractivity contribution in [3.63, 3.8) is 0 Å². The zero-order chi connectivity index (χ0) is 20.4. The molecule has 5 atom stereocenters. The molecule has 5 heteroatoms. The number of unbranched alkanes of at least 4 members (excludes halogenated alkanes) is 1. The van der Waals surface area contributed by atoms with Crippen LogP contribution in [0.3, 0.4) is 0 Å². The molecule has 4 N–H and O–H groups in total. The van der Waals surface area contributed by atoms with Gasteiger partial charge in [-0.15, -0.1) is 0 Å². The Balaban J connectivity index is 1.82. The summed E-state index contributed by atoms with van der Waals surface area (Å²) in [5.41, 5.74) is 1.18. The van der Waals surface area contributed by atoms with E-state index in [0.29, 0.717) is 32.1 Å². The van der Waals surface area contributed by atoms with Crippen LogP contribution >= 0.6 is 0 Å². The molecule has 1 aromatic rings. The van der Waals surface area contributed by atoms with Crippen LogP contribution < -0.4 is 0 Å². The van der Waals surface area contributed by atoms with Crippen LogP contribution in [0.15, 0.2) is 54.6 Å². The lowest BCUT2D eigenvalue weighted by molar-refractivity contribution is -0.137. The standard InChI is InChI=1S/C23H32O5/c24-18(13-12-17-8-4-3-5-9-17)14-15-20-19(21(25)16-22(20)26)10-6-1-2-7-11-23(27)28/h1,3-6,8-9,14-15,18-22,24-26H,2,7,10-13,16H2,(H,27,28)/b6-1-,15-14+/t18-,19+,20?,21-,22+/m0/s1. The third-order valence-electron chi connectivity index (χ3n) is 5.38. The highest BCUT2D eigenvalue weighted by molar-refractivity contribution is 5.66. The molecule has 0 spiro atoms. The van der Waals surface area contributed by atoms with Gasteiger partial charge >= 0.3 is 5.97 Å². The van der Waals surface area contributed by atoms with Crippen LogP contribution in [0.5, 0.6) is 0 Å². The summed E-state index contributed by atoms with van der Waals surface area (Å²) in [5, 5.41) is 39.4. The number of aliphatic carboxylic acids is 1. The minimum atomic E-state index is -0.793. The van der Waals surface area contributed by atoms with E-state index in [1.165, 1.54) is 5.56 Å². The number of allylic oxidation sites excluding steroid dienone is 2. The molecule has 1 aliphatic carbocycles. The molecule has 2 rings (SSSR count). The van der Waals surface area contributed by atoms with Gasteiger partial charge in [0.2, 0.25) is 0 Å². The Kier molecular flexibility index (Phi) is 9.41. The van der Waals surface area contributed by atoms with E-state index in [9.17, 15) is 20.1 Å². The minimum Gasteiger partial charge on any atom is -0.481 e. The van der Waals surface area contributed by atoms with E-state index in [-0.39, 0.29) is 18.3 Å². The number of carboxylic acid groups (broad SMARTS) is 1. The van der Waals surface area contributed by atoms with Crippen LogP contribution in [0, 0.1) is 11.8 Å². The van der Waals surface area contributed by atoms with Crippen molar-refractivity contribution in [3.05, 3.63) is 60.2 Å². The fourth-order valence-electron chi connectivity index (χ4n) is 3.76. The number of aryl methyl sites for hydroxylation is 1. The Bertz CT molecular complexity index is 640. The van der Waals surface area contributed by atoms with E-state index < -0.39 is 24.3 Å². The van der Waals surface area contributed by atoms with Crippen molar-refractivity contribution in [1.29, 1.82) is 0 Å². The monoisotopic (exact) mass is 388 g/mol. The van der Waals surface area contributed by atoms with Gasteiger partial charge in [-0.3, -0.25) is 4.79 Å². The van der Waals surface area contributed by atoms with E-state index >= 15 is 0 Å². The molecule has 28 heavy (non-hydrogen) atoms. The Morgan fingerprint density at radius 2 is 1.89 bits per heavy atom. The fourth-order valence-corrected chi connectivity index (χ4v) is 3.76. The first-order valence-electron chi connectivity index (χ1n) is 10.1. The first-order chi connectivity index (χ1) is 13.5. The van der Waals surface area contributed by atoms with Crippen LogP contribution in [-0.2, 0) is 11.2 Å². The normalized spacial score (nSPS) is 26.2. The van der Waals surface area contributed by atoms with Crippen molar-refractivity contribution >= 4 is 5.97 Å². The molecule has 1 fully saturated rings. The lowest BCUT2D eigenvalue weighted by atomic mass is 9.89. The van der Waals surface area contributed by atoms with E-state index in [2.05, 4.69) is 0 Å². The number of carbonyl (C=O) groups is 1. The first-order valence-corrected chi connectivity index (χ1v) is 10.1. The van der Waals surface area contributed by atoms with Crippen LogP contribution in [-0.4, -0.2) is 44.7 Å². The molecule has 1 aromatic carbocycles. The summed E-state index contributed by atoms with van der Waals surface area (Å²) in [5.74, 6) is -1.08. The van der Waals surface area contributed by atoms with Crippen LogP contribution in [0.1, 0.15) is 44.1 Å². The molecule has 1 unspecified atom stereocenters. The van der Waals surface area contributed by atoms with Gasteiger partial charge in [0, 0.05) is 18.8 Å². The molecule has 0 bridgehead atoms. The molecule has 1 saturated carbocycles. The van der Waals surface area contributed by atoms with E-state index in [1.807, 2.05) is 48.6 Å². The van der Waals surface area contributed by atoms with Crippen molar-refractivity contribution in [2.24, 2.45) is 11.8 Å². The van der Waals surface area contributed by atoms with Gasteiger partial charge < -0.3 is 20.4 Å². The summed E-state index contributed by atoms with van der Waals surface area (Å²) in [4.78, 5) is 10.5. The third kappa shape index (κ3) is 7.58. The van der Waals surface area contributed by atoms with Crippen LogP contribution in [0.25, 0.3) is 0 Å². The smallest absolute Gasteiger partial charge is 0.303 e. The number of aliphatic hydroxyl groups is 3. The largest absolute Gasteiger partial charge is 0.481 e. The van der Waals surface area contributed by atoms with Gasteiger partial charge in [0.25, 0.3) is 0 Å². The molecule has 1 aliphatic rings. The third-order valence-corrected chi connectivity index (χ3v) is 5.38. The highest BCUT2D eigenvalue weighted by Gasteiger charge is 2.39. The van der Waals surface area contributed by atoms with Gasteiger partial charge in [-0.05, 0) is 43.6 Å². The van der Waals surface area contributed by atoms with Gasteiger partial charge in [0.15, 0.2) is 0 Å². The Hall–Kier alpha value is -1.95. The quantitative estimate of drug-likeness (QED) is 0.345. The molecular formula is C23H32O5. The molecule has 5 nitrogen and oxygen atoms in total. The number of carboxylic acids is 1. The molecule has 0 aromatic heterocycles. The second-order valence-electron chi connectivity index (χ2n) is 7.58. The summed E-state index contributed by atoms with van der Waals surface area (Å²) in [6.07, 6.45) is 9.51. The maximum atomic E-state index is 10.5. The minimum absolute atomic E-state index is 0.0942. The van der Waals surface area contributed by atoms with Gasteiger partial charge in [0.1, 0.15) is 0 Å². The Morgan fingerprint density at radius 1 is 1.14 bits per heavy atom. The first kappa shape index (κ1) is 22.3. The SMILES string of the molecule is O=C(O)CCC/C=C\C[C@@H]1C(/C=C/[C@@H](O)CCc2ccccc2)[C@H](O)C[C@@H]1O. The number of hydrogen-bond donors (Lipinski definition) is 4. The second-order valence-corrected chi connectivity index (χ2v) is 7.58. The zero-order valence-corrected chi connectivity index (χ0v) is 16.2. The lowest BCUT2D eigenvalue weighted by Gasteiger charge is -2.19. The molecule has 0 amide bonds. The number of rotatable bonds is 11. The fraction of sp³-hybridized carbons (Fsp3) is 0.522. The summed E-state index contributed by atoms with van der Waals surface area (Å²) in [7, 11) is 0. The maximum Gasteiger partial charge on any atom is 0.303 e. The topological polar surface area (TPSA) is 98.0 Å². The average molecular weight is 389 g/mol. The average Bonchev–Trinajstić information content (AvgIpc) is 2.94. The van der Waals surface area contributed by atoms with Gasteiger partial charge in [-0.25, -0.2) is 0 Å². The number of hydrogen-bond acceptors (Lipinski definition) is 4. The lowest BCUT2D eigenvalue weighted by Crippen LogP contribution is -2.20. The molecule has 154 valence electrons. The summed E-state index contributed by atoms with van der Waals surface area (Å²) in [6.45, 7) is 0. The summed E-state index contributed by atoms with van der Waals surface area (Å²) in [6, 6.07) is 9.99. The Morgan fingerprint density at radius 3 is 2.61 bits per heavy atom. The molecule has 0 radical (unpaired) electrons. The number of benzene rings is 1. The predicted molar refractivity (Wildman–Crippen MR) is 109 cm³/mol. The molecular weight excluding hydrogens is 356 g/mol. The van der Waals surface area contributed by atoms with Crippen molar-refractivity contribution in [1.82, 2.24) is 0 Å². The van der Waals surface area contributed by atoms with Crippen molar-refractivity contribution in [2.45, 2.75) is 63.3 Å². The van der Waals surface area contributed by atoms with Crippen molar-refractivity contribution in [3.8, 4) is 0 Å². The van der Waals surface area contributed by atoms with E-state index in [0.717, 1.165) is 6.42 Å². The molecule has 0 saturated heterocycles. The maximum absolute atomic E-state index is 10.5. The highest BCUT2D eigenvalue weighted by atomic mass is 16.4. The molecule has 0 aliphatic heterocycles. The second kappa shape index (κ2) is 11.8. The highest BCUT2D eigenvalue weighted by Crippen LogP contribution is 2.36. The molecule has 0 heterocycles. The zero-order valence-electron chi connectivity index (χ0n) is 16.2. The van der Waals surface area contributed by atoms with Crippen LogP contribution in [0.4, 0.5) is 0 Å². The predicted octanol–water partition coefficient (Wildman–Crippen LogP) is 3.10.